The molecule has 1 aliphatic rings. The summed E-state index contributed by atoms with van der Waals surface area (Å²) in [4.78, 5) is 62.2. The molecular formula is C28H26N4O6. The van der Waals surface area contributed by atoms with Crippen molar-refractivity contribution in [3.63, 3.8) is 0 Å². The molecule has 0 unspecified atom stereocenters. The van der Waals surface area contributed by atoms with Crippen molar-refractivity contribution >= 4 is 29.6 Å². The Hall–Kier alpha value is -4.99. The maximum absolute atomic E-state index is 13.3. The molecule has 3 aromatic rings. The summed E-state index contributed by atoms with van der Waals surface area (Å²) in [5.74, 6) is -4.42. The Balaban J connectivity index is 1.29. The van der Waals surface area contributed by atoms with Crippen LogP contribution in [0, 0.1) is 5.92 Å². The van der Waals surface area contributed by atoms with Crippen molar-refractivity contribution in [1.29, 1.82) is 0 Å². The fraction of sp³-hybridized carbons (Fsp3) is 0.179. The predicted octanol–water partition coefficient (Wildman–Crippen LogP) is 1.70. The van der Waals surface area contributed by atoms with Crippen LogP contribution in [0.25, 0.3) is 0 Å². The van der Waals surface area contributed by atoms with Crippen LogP contribution in [0.1, 0.15) is 33.8 Å². The minimum atomic E-state index is -0.860. The molecule has 1 saturated heterocycles. The van der Waals surface area contributed by atoms with Gasteiger partial charge in [-0.2, -0.15) is 0 Å². The van der Waals surface area contributed by atoms with Gasteiger partial charge < -0.3 is 4.74 Å². The van der Waals surface area contributed by atoms with Crippen molar-refractivity contribution in [3.05, 3.63) is 108 Å². The van der Waals surface area contributed by atoms with Gasteiger partial charge in [0.15, 0.2) is 6.61 Å². The van der Waals surface area contributed by atoms with Crippen LogP contribution in [0.3, 0.4) is 0 Å². The van der Waals surface area contributed by atoms with E-state index in [4.69, 9.17) is 4.74 Å². The van der Waals surface area contributed by atoms with Crippen LogP contribution in [0.15, 0.2) is 91.0 Å². The second-order valence-corrected chi connectivity index (χ2v) is 8.61. The first-order chi connectivity index (χ1) is 18.4. The number of hydrogen-bond acceptors (Lipinski definition) is 6. The fourth-order valence-electron chi connectivity index (χ4n) is 4.04. The van der Waals surface area contributed by atoms with Crippen LogP contribution in [-0.2, 0) is 23.9 Å². The minimum absolute atomic E-state index is 0.0912. The molecule has 0 aromatic heterocycles. The van der Waals surface area contributed by atoms with Gasteiger partial charge in [0.05, 0.1) is 18.4 Å². The van der Waals surface area contributed by atoms with Crippen molar-refractivity contribution < 1.29 is 28.7 Å². The molecule has 10 nitrogen and oxygen atoms in total. The summed E-state index contributed by atoms with van der Waals surface area (Å²) in [7, 11) is 0. The normalized spacial score (nSPS) is 14.6. The van der Waals surface area contributed by atoms with Crippen LogP contribution in [0.4, 0.5) is 0 Å². The molecular weight excluding hydrogens is 488 g/mol. The van der Waals surface area contributed by atoms with E-state index in [0.717, 1.165) is 16.1 Å². The molecule has 194 valence electrons. The van der Waals surface area contributed by atoms with Gasteiger partial charge in [-0.3, -0.25) is 45.3 Å². The fourth-order valence-corrected chi connectivity index (χ4v) is 4.04. The van der Waals surface area contributed by atoms with Crippen molar-refractivity contribution in [2.45, 2.75) is 12.3 Å². The molecule has 4 rings (SSSR count). The van der Waals surface area contributed by atoms with E-state index >= 15 is 0 Å². The average Bonchev–Trinajstić information content (AvgIpc) is 3.32. The second-order valence-electron chi connectivity index (χ2n) is 8.61. The number of nitrogens with one attached hydrogen (secondary N) is 3. The molecule has 4 amide bonds. The van der Waals surface area contributed by atoms with Gasteiger partial charge in [-0.15, -0.1) is 0 Å². The van der Waals surface area contributed by atoms with Crippen LogP contribution in [0.2, 0.25) is 0 Å². The van der Waals surface area contributed by atoms with Gasteiger partial charge in [-0.25, -0.2) is 0 Å². The molecule has 0 bridgehead atoms. The first-order valence-corrected chi connectivity index (χ1v) is 11.9. The molecule has 1 atom stereocenters. The first kappa shape index (κ1) is 26.1. The highest BCUT2D eigenvalue weighted by molar-refractivity contribution is 5.96. The van der Waals surface area contributed by atoms with Crippen LogP contribution in [-0.4, -0.2) is 47.8 Å². The average molecular weight is 515 g/mol. The maximum atomic E-state index is 13.3. The summed E-state index contributed by atoms with van der Waals surface area (Å²) >= 11 is 0. The number of carbonyl (C=O) groups excluding carboxylic acids is 5. The van der Waals surface area contributed by atoms with Gasteiger partial charge in [-0.05, 0) is 23.3 Å². The van der Waals surface area contributed by atoms with Crippen LogP contribution < -0.4 is 16.3 Å². The number of esters is 1. The Morgan fingerprint density at radius 2 is 1.37 bits per heavy atom. The van der Waals surface area contributed by atoms with Gasteiger partial charge in [-0.1, -0.05) is 78.9 Å². The Bertz CT molecular complexity index is 1260. The van der Waals surface area contributed by atoms with Crippen molar-refractivity contribution in [1.82, 2.24) is 21.3 Å². The van der Waals surface area contributed by atoms with Crippen molar-refractivity contribution in [3.8, 4) is 0 Å². The molecule has 38 heavy (non-hydrogen) atoms. The van der Waals surface area contributed by atoms with Gasteiger partial charge in [0.2, 0.25) is 5.91 Å². The Labute approximate surface area is 218 Å². The Morgan fingerprint density at radius 1 is 0.816 bits per heavy atom. The lowest BCUT2D eigenvalue weighted by atomic mass is 9.91. The van der Waals surface area contributed by atoms with E-state index in [2.05, 4.69) is 16.3 Å². The van der Waals surface area contributed by atoms with E-state index in [9.17, 15) is 24.0 Å². The number of hydrogen-bond donors (Lipinski definition) is 3. The summed E-state index contributed by atoms with van der Waals surface area (Å²) in [5.41, 5.74) is 8.88. The number of amides is 4. The first-order valence-electron chi connectivity index (χ1n) is 11.9. The quantitative estimate of drug-likeness (QED) is 0.310. The number of rotatable bonds is 8. The molecule has 0 radical (unpaired) electrons. The topological polar surface area (TPSA) is 134 Å². The maximum Gasteiger partial charge on any atom is 0.311 e. The molecule has 3 N–H and O–H groups in total. The predicted molar refractivity (Wildman–Crippen MR) is 136 cm³/mol. The third kappa shape index (κ3) is 6.61. The number of hydrazine groups is 2. The minimum Gasteiger partial charge on any atom is -0.455 e. The molecule has 0 aliphatic carbocycles. The lowest BCUT2D eigenvalue weighted by molar-refractivity contribution is -0.152. The zero-order valence-corrected chi connectivity index (χ0v) is 20.3. The van der Waals surface area contributed by atoms with E-state index in [-0.39, 0.29) is 13.0 Å². The zero-order valence-electron chi connectivity index (χ0n) is 20.3. The summed E-state index contributed by atoms with van der Waals surface area (Å²) in [5, 5.41) is 1.10. The summed E-state index contributed by atoms with van der Waals surface area (Å²) < 4.78 is 5.02. The molecule has 1 fully saturated rings. The molecule has 1 aliphatic heterocycles. The third-order valence-electron chi connectivity index (χ3n) is 5.93. The smallest absolute Gasteiger partial charge is 0.311 e. The highest BCUT2D eigenvalue weighted by atomic mass is 16.5. The van der Waals surface area contributed by atoms with E-state index in [1.54, 1.807) is 30.3 Å². The van der Waals surface area contributed by atoms with Gasteiger partial charge >= 0.3 is 5.97 Å². The van der Waals surface area contributed by atoms with E-state index in [1.165, 1.54) is 0 Å². The van der Waals surface area contributed by atoms with E-state index in [1.807, 2.05) is 60.7 Å². The van der Waals surface area contributed by atoms with Crippen LogP contribution >= 0.6 is 0 Å². The monoisotopic (exact) mass is 514 g/mol. The van der Waals surface area contributed by atoms with E-state index < -0.39 is 48.0 Å². The van der Waals surface area contributed by atoms with Gasteiger partial charge in [0.25, 0.3) is 17.7 Å². The van der Waals surface area contributed by atoms with Gasteiger partial charge in [0, 0.05) is 12.0 Å². The number of carbonyl (C=O) groups is 5. The highest BCUT2D eigenvalue weighted by Gasteiger charge is 2.37. The molecule has 1 heterocycles. The third-order valence-corrected chi connectivity index (χ3v) is 5.93. The molecule has 0 saturated carbocycles. The number of nitrogens with zero attached hydrogens (tertiary/aromatic N) is 1. The highest BCUT2D eigenvalue weighted by Crippen LogP contribution is 2.26. The standard InChI is InChI=1S/C28H26N4O6/c33-23(29-30-26(35)21-14-8-3-9-15-21)18-38-28(37)22-16-24(34)32(17-22)31-27(36)25(19-10-4-1-5-11-19)20-12-6-2-7-13-20/h1-15,22,25H,16-18H2,(H,29,33)(H,30,35)(H,31,36)/t22-/m1/s1. The van der Waals surface area contributed by atoms with Crippen molar-refractivity contribution in [2.24, 2.45) is 5.92 Å². The Kier molecular flexibility index (Phi) is 8.45. The van der Waals surface area contributed by atoms with Crippen molar-refractivity contribution in [2.75, 3.05) is 13.2 Å². The lowest BCUT2D eigenvalue weighted by Crippen LogP contribution is -2.46. The van der Waals surface area contributed by atoms with Gasteiger partial charge in [0.1, 0.15) is 0 Å². The zero-order chi connectivity index (χ0) is 26.9. The number of benzene rings is 3. The lowest BCUT2D eigenvalue weighted by Gasteiger charge is -2.23. The molecule has 10 heteroatoms. The number of ether oxygens (including phenoxy) is 1. The van der Waals surface area contributed by atoms with Crippen LogP contribution in [0.5, 0.6) is 0 Å². The largest absolute Gasteiger partial charge is 0.455 e. The second kappa shape index (κ2) is 12.3. The molecule has 3 aromatic carbocycles. The van der Waals surface area contributed by atoms with E-state index in [0.29, 0.717) is 5.56 Å². The summed E-state index contributed by atoms with van der Waals surface area (Å²) in [6.45, 7) is -0.735. The molecule has 0 spiro atoms. The summed E-state index contributed by atoms with van der Waals surface area (Å²) in [6, 6.07) is 26.6. The summed E-state index contributed by atoms with van der Waals surface area (Å²) in [6.07, 6.45) is -0.174. The Morgan fingerprint density at radius 3 is 1.95 bits per heavy atom. The SMILES string of the molecule is O=C(COC(=O)[C@@H]1CC(=O)N(NC(=O)C(c2ccccc2)c2ccccc2)C1)NNC(=O)c1ccccc1.